The Morgan fingerprint density at radius 2 is 1.73 bits per heavy atom. The Kier molecular flexibility index (Phi) is 3.56. The summed E-state index contributed by atoms with van der Waals surface area (Å²) in [5.74, 6) is 0. The first kappa shape index (κ1) is 14.8. The fourth-order valence-electron chi connectivity index (χ4n) is 2.34. The smallest absolute Gasteiger partial charge is 0.321 e. The highest BCUT2D eigenvalue weighted by Crippen LogP contribution is 2.36. The van der Waals surface area contributed by atoms with Crippen LogP contribution in [0.5, 0.6) is 0 Å². The van der Waals surface area contributed by atoms with E-state index in [0.717, 1.165) is 10.5 Å². The van der Waals surface area contributed by atoms with Crippen molar-refractivity contribution in [2.24, 2.45) is 0 Å². The van der Waals surface area contributed by atoms with Crippen LogP contribution in [0.3, 0.4) is 0 Å². The number of hydrogen-bond donors (Lipinski definition) is 1. The monoisotopic (exact) mass is 367 g/mol. The molecule has 0 aliphatic rings. The summed E-state index contributed by atoms with van der Waals surface area (Å²) < 4.78 is 40.0. The van der Waals surface area contributed by atoms with Crippen LogP contribution < -0.4 is 5.56 Å². The molecule has 0 fully saturated rings. The molecule has 3 rings (SSSR count). The number of nitrogens with one attached hydrogen (secondary N) is 1. The van der Waals surface area contributed by atoms with Gasteiger partial charge in [0.15, 0.2) is 0 Å². The van der Waals surface area contributed by atoms with Crippen molar-refractivity contribution < 1.29 is 13.2 Å². The van der Waals surface area contributed by atoms with Gasteiger partial charge in [-0.2, -0.15) is 13.2 Å². The lowest BCUT2D eigenvalue weighted by Gasteiger charge is -2.13. The topological polar surface area (TPSA) is 32.9 Å². The Labute approximate surface area is 131 Å². The molecule has 3 aromatic rings. The van der Waals surface area contributed by atoms with Crippen molar-refractivity contribution in [3.05, 3.63) is 68.9 Å². The molecule has 6 heteroatoms. The van der Waals surface area contributed by atoms with Crippen molar-refractivity contribution in [1.82, 2.24) is 4.98 Å². The summed E-state index contributed by atoms with van der Waals surface area (Å²) in [6.45, 7) is 0. The number of halogens is 4. The van der Waals surface area contributed by atoms with Gasteiger partial charge in [-0.1, -0.05) is 40.2 Å². The average molecular weight is 368 g/mol. The van der Waals surface area contributed by atoms with Gasteiger partial charge in [-0.15, -0.1) is 0 Å². The lowest BCUT2D eigenvalue weighted by atomic mass is 10.0. The van der Waals surface area contributed by atoms with Gasteiger partial charge >= 0.3 is 6.18 Å². The predicted octanol–water partition coefficient (Wildman–Crippen LogP) is 4.98. The van der Waals surface area contributed by atoms with Crippen molar-refractivity contribution in [3.63, 3.8) is 0 Å². The Hall–Kier alpha value is -2.08. The summed E-state index contributed by atoms with van der Waals surface area (Å²) >= 11 is 3.27. The number of pyridine rings is 1. The van der Waals surface area contributed by atoms with Gasteiger partial charge in [-0.3, -0.25) is 4.79 Å². The van der Waals surface area contributed by atoms with Gasteiger partial charge in [0.2, 0.25) is 0 Å². The van der Waals surface area contributed by atoms with Gasteiger partial charge in [0.1, 0.15) is 0 Å². The number of alkyl halides is 3. The number of aromatic amines is 1. The van der Waals surface area contributed by atoms with Crippen LogP contribution in [0.1, 0.15) is 5.56 Å². The molecule has 2 aromatic carbocycles. The van der Waals surface area contributed by atoms with Crippen molar-refractivity contribution >= 4 is 26.7 Å². The van der Waals surface area contributed by atoms with E-state index in [4.69, 9.17) is 0 Å². The Morgan fingerprint density at radius 3 is 2.45 bits per heavy atom. The third-order valence-corrected chi connectivity index (χ3v) is 3.82. The quantitative estimate of drug-likeness (QED) is 0.646. The fraction of sp³-hybridized carbons (Fsp3) is 0.0625. The average Bonchev–Trinajstić information content (AvgIpc) is 2.47. The number of rotatable bonds is 1. The van der Waals surface area contributed by atoms with Crippen molar-refractivity contribution in [2.75, 3.05) is 0 Å². The molecule has 112 valence electrons. The maximum absolute atomic E-state index is 13.1. The van der Waals surface area contributed by atoms with Crippen LogP contribution in [0.2, 0.25) is 0 Å². The highest BCUT2D eigenvalue weighted by molar-refractivity contribution is 9.10. The SMILES string of the molecule is O=c1[nH]c(-c2ccccc2C(F)(F)F)cc2ccc(Br)cc12. The molecule has 0 spiro atoms. The normalized spacial score (nSPS) is 11.8. The Balaban J connectivity index is 2.29. The number of fused-ring (bicyclic) bond motifs is 1. The van der Waals surface area contributed by atoms with Gasteiger partial charge in [0.05, 0.1) is 5.56 Å². The van der Waals surface area contributed by atoms with Crippen LogP contribution in [-0.2, 0) is 6.18 Å². The molecule has 1 aromatic heterocycles. The van der Waals surface area contributed by atoms with Gasteiger partial charge in [0.25, 0.3) is 5.56 Å². The molecule has 1 N–H and O–H groups in total. The number of H-pyrrole nitrogens is 1. The molecule has 0 atom stereocenters. The van der Waals surface area contributed by atoms with Crippen LogP contribution in [0.15, 0.2) is 57.8 Å². The lowest BCUT2D eigenvalue weighted by molar-refractivity contribution is -0.137. The summed E-state index contributed by atoms with van der Waals surface area (Å²) in [6.07, 6.45) is -4.48. The fourth-order valence-corrected chi connectivity index (χ4v) is 2.70. The molecule has 1 heterocycles. The maximum atomic E-state index is 13.1. The van der Waals surface area contributed by atoms with E-state index >= 15 is 0 Å². The van der Waals surface area contributed by atoms with Gasteiger partial charge < -0.3 is 4.98 Å². The zero-order chi connectivity index (χ0) is 15.9. The highest BCUT2D eigenvalue weighted by Gasteiger charge is 2.33. The molecule has 0 unspecified atom stereocenters. The van der Waals surface area contributed by atoms with Gasteiger partial charge in [0, 0.05) is 21.1 Å². The molecular formula is C16H9BrF3NO. The molecule has 0 radical (unpaired) electrons. The maximum Gasteiger partial charge on any atom is 0.417 e. The van der Waals surface area contributed by atoms with Crippen molar-refractivity contribution in [2.45, 2.75) is 6.18 Å². The number of benzene rings is 2. The lowest BCUT2D eigenvalue weighted by Crippen LogP contribution is -2.11. The summed E-state index contributed by atoms with van der Waals surface area (Å²) in [4.78, 5) is 14.7. The van der Waals surface area contributed by atoms with E-state index < -0.39 is 17.3 Å². The molecule has 0 amide bonds. The Bertz CT molecular complexity index is 915. The molecule has 0 aliphatic carbocycles. The van der Waals surface area contributed by atoms with E-state index in [2.05, 4.69) is 20.9 Å². The molecule has 0 bridgehead atoms. The molecule has 0 saturated heterocycles. The van der Waals surface area contributed by atoms with E-state index in [0.29, 0.717) is 10.8 Å². The molecule has 2 nitrogen and oxygen atoms in total. The first-order chi connectivity index (χ1) is 10.4. The number of hydrogen-bond acceptors (Lipinski definition) is 1. The van der Waals surface area contributed by atoms with Crippen LogP contribution in [0.25, 0.3) is 22.0 Å². The van der Waals surface area contributed by atoms with Gasteiger partial charge in [-0.25, -0.2) is 0 Å². The van der Waals surface area contributed by atoms with E-state index in [-0.39, 0.29) is 11.3 Å². The van der Waals surface area contributed by atoms with Gasteiger partial charge in [-0.05, 0) is 29.7 Å². The molecule has 22 heavy (non-hydrogen) atoms. The first-order valence-electron chi connectivity index (χ1n) is 6.35. The van der Waals surface area contributed by atoms with Crippen LogP contribution in [-0.4, -0.2) is 4.98 Å². The second-order valence-electron chi connectivity index (χ2n) is 4.79. The van der Waals surface area contributed by atoms with Crippen LogP contribution in [0, 0.1) is 0 Å². The second kappa shape index (κ2) is 5.28. The third kappa shape index (κ3) is 2.66. The minimum absolute atomic E-state index is 0.0445. The minimum Gasteiger partial charge on any atom is -0.321 e. The zero-order valence-corrected chi connectivity index (χ0v) is 12.6. The molecule has 0 aliphatic heterocycles. The first-order valence-corrected chi connectivity index (χ1v) is 7.15. The van der Waals surface area contributed by atoms with E-state index in [9.17, 15) is 18.0 Å². The summed E-state index contributed by atoms with van der Waals surface area (Å²) in [6, 6.07) is 11.8. The highest BCUT2D eigenvalue weighted by atomic mass is 79.9. The largest absolute Gasteiger partial charge is 0.417 e. The second-order valence-corrected chi connectivity index (χ2v) is 5.70. The standard InChI is InChI=1S/C16H9BrF3NO/c17-10-6-5-9-7-14(21-15(22)12(9)8-10)11-3-1-2-4-13(11)16(18,19)20/h1-8H,(H,21,22). The summed E-state index contributed by atoms with van der Waals surface area (Å²) in [5, 5.41) is 1.00. The van der Waals surface area contributed by atoms with E-state index in [1.165, 1.54) is 18.2 Å². The van der Waals surface area contributed by atoms with E-state index in [1.54, 1.807) is 24.3 Å². The van der Waals surface area contributed by atoms with Crippen molar-refractivity contribution in [1.29, 1.82) is 0 Å². The van der Waals surface area contributed by atoms with Crippen LogP contribution >= 0.6 is 15.9 Å². The van der Waals surface area contributed by atoms with Crippen molar-refractivity contribution in [3.8, 4) is 11.3 Å². The van der Waals surface area contributed by atoms with E-state index in [1.807, 2.05) is 0 Å². The summed E-state index contributed by atoms with van der Waals surface area (Å²) in [7, 11) is 0. The predicted molar refractivity (Wildman–Crippen MR) is 82.7 cm³/mol. The molecular weight excluding hydrogens is 359 g/mol. The zero-order valence-electron chi connectivity index (χ0n) is 11.0. The third-order valence-electron chi connectivity index (χ3n) is 3.33. The number of aromatic nitrogens is 1. The molecule has 0 saturated carbocycles. The van der Waals surface area contributed by atoms with Crippen LogP contribution in [0.4, 0.5) is 13.2 Å². The Morgan fingerprint density at radius 1 is 1.00 bits per heavy atom. The minimum atomic E-state index is -4.48. The summed E-state index contributed by atoms with van der Waals surface area (Å²) in [5.41, 5.74) is -1.10.